The van der Waals surface area contributed by atoms with E-state index in [1.54, 1.807) is 12.4 Å². The van der Waals surface area contributed by atoms with Crippen molar-refractivity contribution in [3.05, 3.63) is 66.2 Å². The average molecular weight is 319 g/mol. The van der Waals surface area contributed by atoms with E-state index >= 15 is 0 Å². The third-order valence-corrected chi connectivity index (χ3v) is 3.77. The number of H-pyrrole nitrogens is 3. The molecule has 7 nitrogen and oxygen atoms in total. The van der Waals surface area contributed by atoms with Gasteiger partial charge in [0.25, 0.3) is 0 Å². The highest BCUT2D eigenvalue weighted by Gasteiger charge is 2.15. The van der Waals surface area contributed by atoms with E-state index in [1.807, 2.05) is 24.4 Å². The van der Waals surface area contributed by atoms with Crippen molar-refractivity contribution >= 4 is 0 Å². The summed E-state index contributed by atoms with van der Waals surface area (Å²) in [5.41, 5.74) is 4.82. The van der Waals surface area contributed by atoms with Crippen LogP contribution in [0.2, 0.25) is 0 Å². The van der Waals surface area contributed by atoms with Crippen molar-refractivity contribution in [2.45, 2.75) is 13.1 Å². The minimum Gasteiger partial charge on any atom is -0.363 e. The maximum atomic E-state index is 4.25. The third kappa shape index (κ3) is 2.97. The lowest BCUT2D eigenvalue weighted by Gasteiger charge is -2.03. The highest BCUT2D eigenvalue weighted by Crippen LogP contribution is 2.26. The number of imidazole rings is 1. The van der Waals surface area contributed by atoms with E-state index in [2.05, 4.69) is 53.9 Å². The van der Waals surface area contributed by atoms with Crippen LogP contribution in [0.3, 0.4) is 0 Å². The van der Waals surface area contributed by atoms with Crippen LogP contribution in [-0.2, 0) is 13.1 Å². The van der Waals surface area contributed by atoms with Gasteiger partial charge in [0, 0.05) is 42.9 Å². The summed E-state index contributed by atoms with van der Waals surface area (Å²) in [5, 5.41) is 14.5. The van der Waals surface area contributed by atoms with Crippen molar-refractivity contribution in [1.82, 2.24) is 35.7 Å². The molecule has 0 aliphatic rings. The Labute approximate surface area is 138 Å². The predicted molar refractivity (Wildman–Crippen MR) is 90.7 cm³/mol. The number of aromatic nitrogens is 6. The molecule has 0 atom stereocenters. The van der Waals surface area contributed by atoms with Gasteiger partial charge in [-0.2, -0.15) is 15.4 Å². The lowest BCUT2D eigenvalue weighted by molar-refractivity contribution is 0.682. The van der Waals surface area contributed by atoms with E-state index in [1.165, 1.54) is 5.56 Å². The molecule has 0 spiro atoms. The fourth-order valence-electron chi connectivity index (χ4n) is 2.61. The Morgan fingerprint density at radius 1 is 0.958 bits per heavy atom. The molecule has 3 aromatic heterocycles. The van der Waals surface area contributed by atoms with Gasteiger partial charge in [-0.3, -0.25) is 0 Å². The molecule has 0 unspecified atom stereocenters. The van der Waals surface area contributed by atoms with Gasteiger partial charge in [-0.1, -0.05) is 30.3 Å². The largest absolute Gasteiger partial charge is 0.363 e. The predicted octanol–water partition coefficient (Wildman–Crippen LogP) is 2.48. The molecule has 120 valence electrons. The van der Waals surface area contributed by atoms with Crippen LogP contribution < -0.4 is 5.32 Å². The van der Waals surface area contributed by atoms with E-state index in [9.17, 15) is 0 Å². The van der Waals surface area contributed by atoms with Gasteiger partial charge in [0.2, 0.25) is 0 Å². The number of aromatic amines is 3. The van der Waals surface area contributed by atoms with Crippen LogP contribution >= 0.6 is 0 Å². The van der Waals surface area contributed by atoms with Crippen LogP contribution in [0.5, 0.6) is 0 Å². The van der Waals surface area contributed by atoms with Crippen LogP contribution in [0.25, 0.3) is 22.8 Å². The standard InChI is InChI=1S/C17H17N7/c1-2-4-12(5-3-1)9-18-11-14-8-13(10-21-14)15-16(23-24-22-15)17-19-6-7-20-17/h1-8,10,18,21H,9,11H2,(H,19,20)(H,22,23,24). The number of nitrogens with one attached hydrogen (secondary N) is 4. The fourth-order valence-corrected chi connectivity index (χ4v) is 2.61. The summed E-state index contributed by atoms with van der Waals surface area (Å²) >= 11 is 0. The monoisotopic (exact) mass is 319 g/mol. The zero-order valence-electron chi connectivity index (χ0n) is 13.0. The smallest absolute Gasteiger partial charge is 0.160 e. The van der Waals surface area contributed by atoms with Crippen molar-refractivity contribution in [3.8, 4) is 22.8 Å². The highest BCUT2D eigenvalue weighted by atomic mass is 15.3. The van der Waals surface area contributed by atoms with E-state index in [-0.39, 0.29) is 0 Å². The molecule has 0 amide bonds. The Bertz CT molecular complexity index is 890. The van der Waals surface area contributed by atoms with Crippen LogP contribution in [0.4, 0.5) is 0 Å². The molecule has 0 radical (unpaired) electrons. The maximum Gasteiger partial charge on any atom is 0.160 e. The van der Waals surface area contributed by atoms with Crippen molar-refractivity contribution in [2.24, 2.45) is 0 Å². The Morgan fingerprint density at radius 2 is 1.83 bits per heavy atom. The molecule has 0 saturated heterocycles. The van der Waals surface area contributed by atoms with Gasteiger partial charge in [0.05, 0.1) is 0 Å². The maximum absolute atomic E-state index is 4.25. The second-order valence-corrected chi connectivity index (χ2v) is 5.46. The normalized spacial score (nSPS) is 11.0. The van der Waals surface area contributed by atoms with Crippen molar-refractivity contribution < 1.29 is 0 Å². The van der Waals surface area contributed by atoms with Crippen LogP contribution in [0, 0.1) is 0 Å². The van der Waals surface area contributed by atoms with Crippen molar-refractivity contribution in [2.75, 3.05) is 0 Å². The highest BCUT2D eigenvalue weighted by molar-refractivity contribution is 5.73. The topological polar surface area (TPSA) is 98.1 Å². The lowest BCUT2D eigenvalue weighted by atomic mass is 10.2. The SMILES string of the molecule is c1ccc(CNCc2cc(-c3n[nH]nc3-c3ncc[nH]3)c[nH]2)cc1. The van der Waals surface area contributed by atoms with Gasteiger partial charge >= 0.3 is 0 Å². The summed E-state index contributed by atoms with van der Waals surface area (Å²) in [4.78, 5) is 10.6. The molecule has 4 N–H and O–H groups in total. The molecular weight excluding hydrogens is 302 g/mol. The van der Waals surface area contributed by atoms with Gasteiger partial charge in [0.15, 0.2) is 11.5 Å². The molecular formula is C17H17N7. The number of hydrogen-bond donors (Lipinski definition) is 4. The summed E-state index contributed by atoms with van der Waals surface area (Å²) in [6, 6.07) is 12.4. The van der Waals surface area contributed by atoms with Gasteiger partial charge in [-0.15, -0.1) is 0 Å². The van der Waals surface area contributed by atoms with Crippen LogP contribution in [-0.4, -0.2) is 30.4 Å². The number of benzene rings is 1. The van der Waals surface area contributed by atoms with Crippen LogP contribution in [0.15, 0.2) is 55.0 Å². The Kier molecular flexibility index (Phi) is 3.91. The molecule has 24 heavy (non-hydrogen) atoms. The van der Waals surface area contributed by atoms with Crippen LogP contribution in [0.1, 0.15) is 11.3 Å². The molecule has 0 bridgehead atoms. The number of hydrogen-bond acceptors (Lipinski definition) is 4. The summed E-state index contributed by atoms with van der Waals surface area (Å²) in [5.74, 6) is 0.698. The molecule has 1 aromatic carbocycles. The second-order valence-electron chi connectivity index (χ2n) is 5.46. The van der Waals surface area contributed by atoms with Gasteiger partial charge in [-0.05, 0) is 11.6 Å². The average Bonchev–Trinajstić information content (AvgIpc) is 3.36. The Hall–Kier alpha value is -3.19. The van der Waals surface area contributed by atoms with Crippen molar-refractivity contribution in [1.29, 1.82) is 0 Å². The zero-order chi connectivity index (χ0) is 16.2. The zero-order valence-corrected chi connectivity index (χ0v) is 13.0. The molecule has 3 heterocycles. The second kappa shape index (κ2) is 6.51. The molecule has 4 rings (SSSR count). The van der Waals surface area contributed by atoms with Gasteiger partial charge < -0.3 is 15.3 Å². The molecule has 0 fully saturated rings. The number of rotatable bonds is 6. The molecule has 0 aliphatic carbocycles. The van der Waals surface area contributed by atoms with Gasteiger partial charge in [0.1, 0.15) is 5.69 Å². The number of nitrogens with zero attached hydrogens (tertiary/aromatic N) is 3. The summed E-state index contributed by atoms with van der Waals surface area (Å²) in [7, 11) is 0. The first-order valence-corrected chi connectivity index (χ1v) is 7.73. The summed E-state index contributed by atoms with van der Waals surface area (Å²) < 4.78 is 0. The first kappa shape index (κ1) is 14.4. The minimum absolute atomic E-state index is 0.698. The third-order valence-electron chi connectivity index (χ3n) is 3.77. The van der Waals surface area contributed by atoms with Crippen molar-refractivity contribution in [3.63, 3.8) is 0 Å². The molecule has 0 saturated carbocycles. The Morgan fingerprint density at radius 3 is 2.67 bits per heavy atom. The van der Waals surface area contributed by atoms with E-state index in [0.717, 1.165) is 30.0 Å². The van der Waals surface area contributed by atoms with E-state index < -0.39 is 0 Å². The molecule has 0 aliphatic heterocycles. The first-order chi connectivity index (χ1) is 11.9. The summed E-state index contributed by atoms with van der Waals surface area (Å²) in [6.45, 7) is 1.58. The van der Waals surface area contributed by atoms with Gasteiger partial charge in [-0.25, -0.2) is 4.98 Å². The fraction of sp³-hybridized carbons (Fsp3) is 0.118. The lowest BCUT2D eigenvalue weighted by Crippen LogP contribution is -2.12. The molecule has 7 heteroatoms. The van der Waals surface area contributed by atoms with E-state index in [0.29, 0.717) is 11.5 Å². The minimum atomic E-state index is 0.698. The quantitative estimate of drug-likeness (QED) is 0.439. The molecule has 4 aromatic rings. The Balaban J connectivity index is 1.45. The summed E-state index contributed by atoms with van der Waals surface area (Å²) in [6.07, 6.45) is 5.40. The first-order valence-electron chi connectivity index (χ1n) is 7.73. The van der Waals surface area contributed by atoms with E-state index in [4.69, 9.17) is 0 Å².